The summed E-state index contributed by atoms with van der Waals surface area (Å²) in [6.07, 6.45) is 0.385. The first-order valence-corrected chi connectivity index (χ1v) is 5.72. The Labute approximate surface area is 115 Å². The number of nitrogens with two attached hydrogens (primary N) is 1. The zero-order chi connectivity index (χ0) is 13.5. The first-order chi connectivity index (χ1) is 7.70. The van der Waals surface area contributed by atoms with E-state index in [1.807, 2.05) is 30.3 Å². The van der Waals surface area contributed by atoms with Gasteiger partial charge in [-0.1, -0.05) is 30.3 Å². The summed E-state index contributed by atoms with van der Waals surface area (Å²) in [5, 5.41) is 8.52. The normalized spacial score (nSPS) is 11.5. The van der Waals surface area contributed by atoms with Gasteiger partial charge in [-0.3, -0.25) is 13.2 Å². The van der Waals surface area contributed by atoms with E-state index in [0.717, 1.165) is 5.56 Å². The van der Waals surface area contributed by atoms with Gasteiger partial charge < -0.3 is 19.9 Å². The molecule has 0 saturated heterocycles. The second-order valence-corrected chi connectivity index (χ2v) is 3.86. The van der Waals surface area contributed by atoms with Crippen LogP contribution in [0.25, 0.3) is 0 Å². The van der Waals surface area contributed by atoms with E-state index in [-0.39, 0.29) is 17.1 Å². The molecule has 0 unspecified atom stereocenters. The molecule has 9 heteroatoms. The maximum absolute atomic E-state index is 10.4. The van der Waals surface area contributed by atoms with E-state index in [1.165, 1.54) is 0 Å². The fraction of sp³-hybridized carbons (Fsp3) is 0.222. The molecule has 3 N–H and O–H groups in total. The summed E-state index contributed by atoms with van der Waals surface area (Å²) in [6.45, 7) is 0. The molecule has 1 aromatic carbocycles. The van der Waals surface area contributed by atoms with E-state index in [9.17, 15) is 4.79 Å². The predicted octanol–water partition coefficient (Wildman–Crippen LogP) is -0.699. The molecule has 0 bridgehead atoms. The number of carboxylic acid groups (broad SMARTS) is 1. The van der Waals surface area contributed by atoms with E-state index in [4.69, 9.17) is 28.4 Å². The van der Waals surface area contributed by atoms with E-state index < -0.39 is 22.4 Å². The maximum atomic E-state index is 10.4. The zero-order valence-electron chi connectivity index (χ0n) is 8.95. The fourth-order valence-electron chi connectivity index (χ4n) is 0.955. The molecular formula is C9H11CuNO6S. The molecule has 0 spiro atoms. The molecule has 1 rings (SSSR count). The van der Waals surface area contributed by atoms with Crippen molar-refractivity contribution in [3.8, 4) is 0 Å². The first-order valence-electron chi connectivity index (χ1n) is 4.39. The molecule has 0 saturated carbocycles. The van der Waals surface area contributed by atoms with Crippen LogP contribution < -0.4 is 5.73 Å². The molecule has 1 atom stereocenters. The van der Waals surface area contributed by atoms with Crippen LogP contribution in [0.15, 0.2) is 30.3 Å². The summed E-state index contributed by atoms with van der Waals surface area (Å²) in [4.78, 5) is 10.4. The van der Waals surface area contributed by atoms with Crippen molar-refractivity contribution < 1.29 is 44.5 Å². The summed E-state index contributed by atoms with van der Waals surface area (Å²) in [5.41, 5.74) is 6.30. The van der Waals surface area contributed by atoms with Crippen LogP contribution in [0.2, 0.25) is 0 Å². The number of hydrogen-bond acceptors (Lipinski definition) is 6. The second kappa shape index (κ2) is 9.03. The minimum absolute atomic E-state index is 0. The van der Waals surface area contributed by atoms with Crippen LogP contribution in [0.1, 0.15) is 5.56 Å². The van der Waals surface area contributed by atoms with E-state index in [2.05, 4.69) is 0 Å². The third-order valence-electron chi connectivity index (χ3n) is 1.62. The molecule has 0 fully saturated rings. The average Bonchev–Trinajstić information content (AvgIpc) is 2.16. The van der Waals surface area contributed by atoms with Crippen molar-refractivity contribution in [2.24, 2.45) is 5.73 Å². The predicted molar refractivity (Wildman–Crippen MR) is 56.2 cm³/mol. The standard InChI is InChI=1S/C9H11NO2.Cu.H2O4S/c10-8(9(11)12)6-7-4-2-1-3-5-7;;1-5(2,3)4/h1-5,8H,6,10H2,(H,11,12);;(H2,1,2,3,4)/q;+2;/p-2/t8-;;/m0../s1. The maximum Gasteiger partial charge on any atom is 2.00 e. The summed E-state index contributed by atoms with van der Waals surface area (Å²) in [7, 11) is -5.17. The Hall–Kier alpha value is -0.961. The number of benzene rings is 1. The first kappa shape index (κ1) is 19.4. The smallest absolute Gasteiger partial charge is 0.759 e. The number of rotatable bonds is 3. The number of aliphatic carboxylic acids is 1. The molecule has 0 heterocycles. The Kier molecular flexibility index (Phi) is 9.73. The van der Waals surface area contributed by atoms with Crippen molar-refractivity contribution in [1.29, 1.82) is 0 Å². The zero-order valence-corrected chi connectivity index (χ0v) is 10.7. The van der Waals surface area contributed by atoms with Gasteiger partial charge in [0.05, 0.1) is 0 Å². The Morgan fingerprint density at radius 1 is 1.28 bits per heavy atom. The summed E-state index contributed by atoms with van der Waals surface area (Å²) in [5.74, 6) is -0.959. The van der Waals surface area contributed by atoms with Gasteiger partial charge in [-0.15, -0.1) is 0 Å². The van der Waals surface area contributed by atoms with Gasteiger partial charge in [0.25, 0.3) is 0 Å². The van der Waals surface area contributed by atoms with Crippen LogP contribution in [-0.4, -0.2) is 34.6 Å². The van der Waals surface area contributed by atoms with E-state index in [0.29, 0.717) is 6.42 Å². The van der Waals surface area contributed by atoms with Gasteiger partial charge >= 0.3 is 23.0 Å². The molecule has 0 amide bonds. The SMILES string of the molecule is N[C@@H](Cc1ccccc1)C(=O)O.O=S(=O)([O-])[O-].[Cu+2]. The van der Waals surface area contributed by atoms with Gasteiger partial charge in [0.15, 0.2) is 0 Å². The number of carboxylic acids is 1. The molecule has 0 aliphatic carbocycles. The number of hydrogen-bond donors (Lipinski definition) is 2. The van der Waals surface area contributed by atoms with Gasteiger partial charge in [0.1, 0.15) is 6.04 Å². The largest absolute Gasteiger partial charge is 2.00 e. The fourth-order valence-corrected chi connectivity index (χ4v) is 0.955. The average molecular weight is 325 g/mol. The third kappa shape index (κ3) is 13.1. The van der Waals surface area contributed by atoms with Gasteiger partial charge in [0, 0.05) is 10.4 Å². The van der Waals surface area contributed by atoms with Crippen LogP contribution in [0.5, 0.6) is 0 Å². The summed E-state index contributed by atoms with van der Waals surface area (Å²) >= 11 is 0. The Morgan fingerprint density at radius 3 is 2.00 bits per heavy atom. The number of carbonyl (C=O) groups is 1. The molecule has 1 aromatic rings. The summed E-state index contributed by atoms with van der Waals surface area (Å²) < 4.78 is 34.1. The minimum atomic E-state index is -5.17. The molecule has 7 nitrogen and oxygen atoms in total. The van der Waals surface area contributed by atoms with Crippen molar-refractivity contribution in [2.75, 3.05) is 0 Å². The molecule has 18 heavy (non-hydrogen) atoms. The molecule has 105 valence electrons. The Bertz CT molecular complexity index is 441. The van der Waals surface area contributed by atoms with Crippen LogP contribution in [0.4, 0.5) is 0 Å². The van der Waals surface area contributed by atoms with Crippen molar-refractivity contribution >= 4 is 16.4 Å². The molecule has 0 aliphatic rings. The molecule has 1 radical (unpaired) electrons. The van der Waals surface area contributed by atoms with Gasteiger partial charge in [-0.05, 0) is 12.0 Å². The Balaban J connectivity index is 0. The van der Waals surface area contributed by atoms with Crippen molar-refractivity contribution in [3.63, 3.8) is 0 Å². The van der Waals surface area contributed by atoms with Crippen molar-refractivity contribution in [1.82, 2.24) is 0 Å². The van der Waals surface area contributed by atoms with E-state index in [1.54, 1.807) is 0 Å². The van der Waals surface area contributed by atoms with Crippen LogP contribution >= 0.6 is 0 Å². The molecule has 0 aliphatic heterocycles. The monoisotopic (exact) mass is 324 g/mol. The summed E-state index contributed by atoms with van der Waals surface area (Å²) in [6, 6.07) is 8.54. The van der Waals surface area contributed by atoms with Gasteiger partial charge in [0.2, 0.25) is 0 Å². The van der Waals surface area contributed by atoms with E-state index >= 15 is 0 Å². The third-order valence-corrected chi connectivity index (χ3v) is 1.62. The topological polar surface area (TPSA) is 144 Å². The van der Waals surface area contributed by atoms with Crippen LogP contribution in [0.3, 0.4) is 0 Å². The van der Waals surface area contributed by atoms with Crippen LogP contribution in [0, 0.1) is 0 Å². The Morgan fingerprint density at radius 2 is 1.67 bits per heavy atom. The van der Waals surface area contributed by atoms with Crippen LogP contribution in [-0.2, 0) is 38.7 Å². The molecular weight excluding hydrogens is 314 g/mol. The molecule has 0 aromatic heterocycles. The second-order valence-electron chi connectivity index (χ2n) is 3.04. The van der Waals surface area contributed by atoms with Crippen molar-refractivity contribution in [3.05, 3.63) is 35.9 Å². The van der Waals surface area contributed by atoms with Gasteiger partial charge in [-0.25, -0.2) is 0 Å². The van der Waals surface area contributed by atoms with Crippen molar-refractivity contribution in [2.45, 2.75) is 12.5 Å². The van der Waals surface area contributed by atoms with Gasteiger partial charge in [-0.2, -0.15) is 0 Å². The minimum Gasteiger partial charge on any atom is -0.759 e. The quantitative estimate of drug-likeness (QED) is 0.425.